The molecule has 118 valence electrons. The summed E-state index contributed by atoms with van der Waals surface area (Å²) >= 11 is 12.2. The van der Waals surface area contributed by atoms with Crippen LogP contribution < -0.4 is 10.1 Å². The molecule has 0 aromatic heterocycles. The van der Waals surface area contributed by atoms with Gasteiger partial charge in [0.2, 0.25) is 0 Å². The van der Waals surface area contributed by atoms with Crippen molar-refractivity contribution in [1.29, 1.82) is 0 Å². The second kappa shape index (κ2) is 7.34. The van der Waals surface area contributed by atoms with E-state index in [0.29, 0.717) is 28.4 Å². The van der Waals surface area contributed by atoms with Crippen molar-refractivity contribution in [2.24, 2.45) is 5.41 Å². The Hall–Kier alpha value is -0.970. The third-order valence-electron chi connectivity index (χ3n) is 2.94. The van der Waals surface area contributed by atoms with E-state index >= 15 is 0 Å². The van der Waals surface area contributed by atoms with Gasteiger partial charge in [0, 0.05) is 23.2 Å². The molecule has 0 spiro atoms. The van der Waals surface area contributed by atoms with Crippen molar-refractivity contribution in [1.82, 2.24) is 5.32 Å². The van der Waals surface area contributed by atoms with Crippen LogP contribution in [-0.2, 0) is 11.3 Å². The molecule has 0 heterocycles. The van der Waals surface area contributed by atoms with Crippen molar-refractivity contribution in [2.75, 3.05) is 6.61 Å². The molecule has 0 atom stereocenters. The largest absolute Gasteiger partial charge is 0.491 e. The van der Waals surface area contributed by atoms with Gasteiger partial charge in [-0.25, -0.2) is 0 Å². The summed E-state index contributed by atoms with van der Waals surface area (Å²) in [5, 5.41) is 13.3. The van der Waals surface area contributed by atoms with E-state index in [1.165, 1.54) is 0 Å². The summed E-state index contributed by atoms with van der Waals surface area (Å²) < 4.78 is 5.67. The summed E-state index contributed by atoms with van der Waals surface area (Å²) in [6.07, 6.45) is 0. The average Bonchev–Trinajstić information content (AvgIpc) is 2.34. The van der Waals surface area contributed by atoms with Crippen molar-refractivity contribution < 1.29 is 14.6 Å². The van der Waals surface area contributed by atoms with Gasteiger partial charge >= 0.3 is 5.97 Å². The number of carboxylic acid groups (broad SMARTS) is 1. The number of carbonyl (C=O) groups is 1. The summed E-state index contributed by atoms with van der Waals surface area (Å²) in [6.45, 7) is 7.83. The first-order valence-electron chi connectivity index (χ1n) is 6.71. The lowest BCUT2D eigenvalue weighted by atomic mass is 9.95. The fourth-order valence-electron chi connectivity index (χ4n) is 1.54. The molecular formula is C15H21Cl2NO3. The highest BCUT2D eigenvalue weighted by atomic mass is 35.5. The van der Waals surface area contributed by atoms with Gasteiger partial charge in [-0.2, -0.15) is 0 Å². The van der Waals surface area contributed by atoms with E-state index in [2.05, 4.69) is 5.32 Å². The molecule has 2 N–H and O–H groups in total. The van der Waals surface area contributed by atoms with Gasteiger partial charge in [0.15, 0.2) is 0 Å². The van der Waals surface area contributed by atoms with Crippen LogP contribution in [0.3, 0.4) is 0 Å². The molecule has 1 rings (SSSR count). The van der Waals surface area contributed by atoms with Crippen molar-refractivity contribution in [2.45, 2.75) is 40.3 Å². The average molecular weight is 334 g/mol. The minimum Gasteiger partial charge on any atom is -0.491 e. The number of nitrogens with one attached hydrogen (secondary N) is 1. The number of hydrogen-bond donors (Lipinski definition) is 2. The van der Waals surface area contributed by atoms with Crippen LogP contribution in [0.5, 0.6) is 5.75 Å². The second-order valence-corrected chi connectivity index (χ2v) is 6.73. The SMILES string of the molecule is CC(C)NCc1cc(Cl)cc(Cl)c1OCC(C)(C)C(=O)O. The Balaban J connectivity index is 2.96. The van der Waals surface area contributed by atoms with Gasteiger partial charge in [-0.1, -0.05) is 37.0 Å². The summed E-state index contributed by atoms with van der Waals surface area (Å²) in [7, 11) is 0. The molecule has 0 fully saturated rings. The zero-order chi connectivity index (χ0) is 16.2. The number of hydrogen-bond acceptors (Lipinski definition) is 3. The Morgan fingerprint density at radius 1 is 1.38 bits per heavy atom. The first kappa shape index (κ1) is 18.1. The van der Waals surface area contributed by atoms with Crippen LogP contribution in [-0.4, -0.2) is 23.7 Å². The van der Waals surface area contributed by atoms with Gasteiger partial charge in [0.05, 0.1) is 10.4 Å². The predicted molar refractivity (Wildman–Crippen MR) is 85.3 cm³/mol. The zero-order valence-electron chi connectivity index (χ0n) is 12.7. The zero-order valence-corrected chi connectivity index (χ0v) is 14.2. The van der Waals surface area contributed by atoms with E-state index in [1.807, 2.05) is 13.8 Å². The van der Waals surface area contributed by atoms with E-state index in [9.17, 15) is 4.79 Å². The minimum atomic E-state index is -0.994. The van der Waals surface area contributed by atoms with Gasteiger partial charge < -0.3 is 15.2 Å². The van der Waals surface area contributed by atoms with Gasteiger partial charge in [-0.05, 0) is 26.0 Å². The van der Waals surface area contributed by atoms with Crippen LogP contribution in [0.4, 0.5) is 0 Å². The first-order valence-corrected chi connectivity index (χ1v) is 7.46. The predicted octanol–water partition coefficient (Wildman–Crippen LogP) is 3.98. The monoisotopic (exact) mass is 333 g/mol. The summed E-state index contributed by atoms with van der Waals surface area (Å²) in [6, 6.07) is 3.66. The van der Waals surface area contributed by atoms with E-state index < -0.39 is 11.4 Å². The van der Waals surface area contributed by atoms with Gasteiger partial charge in [-0.15, -0.1) is 0 Å². The lowest BCUT2D eigenvalue weighted by molar-refractivity contribution is -0.148. The van der Waals surface area contributed by atoms with E-state index in [4.69, 9.17) is 33.0 Å². The molecule has 0 radical (unpaired) electrons. The maximum absolute atomic E-state index is 11.1. The summed E-state index contributed by atoms with van der Waals surface area (Å²) in [5.74, 6) is -0.446. The summed E-state index contributed by atoms with van der Waals surface area (Å²) in [5.41, 5.74) is -0.187. The first-order chi connectivity index (χ1) is 9.63. The number of halogens is 2. The Morgan fingerprint density at radius 2 is 2.00 bits per heavy atom. The van der Waals surface area contributed by atoms with Crippen LogP contribution in [0.1, 0.15) is 33.3 Å². The molecule has 1 aromatic rings. The van der Waals surface area contributed by atoms with Crippen molar-refractivity contribution in [3.05, 3.63) is 27.7 Å². The van der Waals surface area contributed by atoms with E-state index in [1.54, 1.807) is 26.0 Å². The highest BCUT2D eigenvalue weighted by Gasteiger charge is 2.29. The lowest BCUT2D eigenvalue weighted by Gasteiger charge is -2.22. The number of rotatable bonds is 7. The molecule has 21 heavy (non-hydrogen) atoms. The highest BCUT2D eigenvalue weighted by molar-refractivity contribution is 6.35. The van der Waals surface area contributed by atoms with Gasteiger partial charge in [0.1, 0.15) is 12.4 Å². The van der Waals surface area contributed by atoms with E-state index in [-0.39, 0.29) is 6.61 Å². The molecule has 0 bridgehead atoms. The lowest BCUT2D eigenvalue weighted by Crippen LogP contribution is -2.31. The van der Waals surface area contributed by atoms with E-state index in [0.717, 1.165) is 5.56 Å². The number of ether oxygens (including phenoxy) is 1. The Kier molecular flexibility index (Phi) is 6.32. The van der Waals surface area contributed by atoms with Crippen molar-refractivity contribution in [3.8, 4) is 5.75 Å². The molecular weight excluding hydrogens is 313 g/mol. The van der Waals surface area contributed by atoms with Crippen molar-refractivity contribution >= 4 is 29.2 Å². The van der Waals surface area contributed by atoms with Crippen LogP contribution in [0, 0.1) is 5.41 Å². The quantitative estimate of drug-likeness (QED) is 0.792. The fourth-order valence-corrected chi connectivity index (χ4v) is 2.13. The minimum absolute atomic E-state index is 0.0262. The molecule has 6 heteroatoms. The number of benzene rings is 1. The maximum Gasteiger partial charge on any atom is 0.312 e. The second-order valence-electron chi connectivity index (χ2n) is 5.89. The topological polar surface area (TPSA) is 58.6 Å². The normalized spacial score (nSPS) is 11.8. The Labute approximate surface area is 135 Å². The number of carboxylic acids is 1. The molecule has 1 aromatic carbocycles. The molecule has 0 aliphatic carbocycles. The third-order valence-corrected chi connectivity index (χ3v) is 3.44. The fraction of sp³-hybridized carbons (Fsp3) is 0.533. The summed E-state index contributed by atoms with van der Waals surface area (Å²) in [4.78, 5) is 11.1. The van der Waals surface area contributed by atoms with Crippen LogP contribution >= 0.6 is 23.2 Å². The number of aliphatic carboxylic acids is 1. The van der Waals surface area contributed by atoms with Crippen LogP contribution in [0.15, 0.2) is 12.1 Å². The van der Waals surface area contributed by atoms with Gasteiger partial charge in [-0.3, -0.25) is 4.79 Å². The third kappa shape index (κ3) is 5.38. The molecule has 0 saturated heterocycles. The maximum atomic E-state index is 11.1. The van der Waals surface area contributed by atoms with Crippen molar-refractivity contribution in [3.63, 3.8) is 0 Å². The molecule has 0 amide bonds. The smallest absolute Gasteiger partial charge is 0.312 e. The van der Waals surface area contributed by atoms with Gasteiger partial charge in [0.25, 0.3) is 0 Å². The molecule has 4 nitrogen and oxygen atoms in total. The van der Waals surface area contributed by atoms with Crippen LogP contribution in [0.25, 0.3) is 0 Å². The Bertz CT molecular complexity index is 516. The molecule has 0 aliphatic heterocycles. The highest BCUT2D eigenvalue weighted by Crippen LogP contribution is 2.33. The van der Waals surface area contributed by atoms with Crippen LogP contribution in [0.2, 0.25) is 10.0 Å². The molecule has 0 aliphatic rings. The molecule has 0 saturated carbocycles. The Morgan fingerprint density at radius 3 is 2.52 bits per heavy atom. The standard InChI is InChI=1S/C15H21Cl2NO3/c1-9(2)18-7-10-5-11(16)6-12(17)13(10)21-8-15(3,4)14(19)20/h5-6,9,18H,7-8H2,1-4H3,(H,19,20). The molecule has 0 unspecified atom stereocenters.